The first-order valence-corrected chi connectivity index (χ1v) is 7.80. The lowest BCUT2D eigenvalue weighted by Crippen LogP contribution is -2.28. The average Bonchev–Trinajstić information content (AvgIpc) is 2.59. The predicted octanol–water partition coefficient (Wildman–Crippen LogP) is 2.87. The van der Waals surface area contributed by atoms with Gasteiger partial charge in [0.15, 0.2) is 6.61 Å². The summed E-state index contributed by atoms with van der Waals surface area (Å²) < 4.78 is 10.3. The molecule has 1 N–H and O–H groups in total. The maximum atomic E-state index is 11.9. The normalized spacial score (nSPS) is 10.1. The van der Waals surface area contributed by atoms with E-state index in [1.807, 2.05) is 38.1 Å². The van der Waals surface area contributed by atoms with Gasteiger partial charge in [-0.2, -0.15) is 0 Å². The van der Waals surface area contributed by atoms with E-state index in [-0.39, 0.29) is 12.5 Å². The summed E-state index contributed by atoms with van der Waals surface area (Å²) in [5.41, 5.74) is 2.51. The monoisotopic (exact) mass is 327 g/mol. The highest BCUT2D eigenvalue weighted by atomic mass is 16.5. The van der Waals surface area contributed by atoms with Crippen molar-refractivity contribution >= 4 is 11.9 Å². The van der Waals surface area contributed by atoms with Crippen LogP contribution in [0.2, 0.25) is 0 Å². The number of hydrogen-bond donors (Lipinski definition) is 1. The zero-order valence-electron chi connectivity index (χ0n) is 13.9. The lowest BCUT2D eigenvalue weighted by atomic mass is 10.1. The Morgan fingerprint density at radius 3 is 2.50 bits per heavy atom. The minimum atomic E-state index is -0.538. The molecule has 0 saturated carbocycles. The van der Waals surface area contributed by atoms with E-state index in [1.54, 1.807) is 24.3 Å². The van der Waals surface area contributed by atoms with Crippen LogP contribution in [0.5, 0.6) is 5.75 Å². The molecule has 0 fully saturated rings. The van der Waals surface area contributed by atoms with Crippen molar-refractivity contribution in [3.63, 3.8) is 0 Å². The van der Waals surface area contributed by atoms with E-state index >= 15 is 0 Å². The molecule has 0 radical (unpaired) electrons. The van der Waals surface area contributed by atoms with Crippen LogP contribution in [0, 0.1) is 6.92 Å². The van der Waals surface area contributed by atoms with Crippen LogP contribution in [-0.2, 0) is 16.1 Å². The van der Waals surface area contributed by atoms with Gasteiger partial charge in [-0.05, 0) is 43.7 Å². The van der Waals surface area contributed by atoms with Crippen molar-refractivity contribution in [3.05, 3.63) is 65.2 Å². The summed E-state index contributed by atoms with van der Waals surface area (Å²) in [5, 5.41) is 2.72. The van der Waals surface area contributed by atoms with Crippen molar-refractivity contribution in [3.8, 4) is 5.75 Å². The van der Waals surface area contributed by atoms with Gasteiger partial charge in [-0.15, -0.1) is 0 Å². The van der Waals surface area contributed by atoms with Crippen molar-refractivity contribution in [1.82, 2.24) is 5.32 Å². The fourth-order valence-corrected chi connectivity index (χ4v) is 2.14. The number of aryl methyl sites for hydroxylation is 1. The van der Waals surface area contributed by atoms with Gasteiger partial charge in [-0.3, -0.25) is 4.79 Å². The van der Waals surface area contributed by atoms with Crippen molar-refractivity contribution in [2.45, 2.75) is 20.4 Å². The van der Waals surface area contributed by atoms with E-state index in [4.69, 9.17) is 9.47 Å². The average molecular weight is 327 g/mol. The zero-order valence-corrected chi connectivity index (χ0v) is 13.9. The van der Waals surface area contributed by atoms with Gasteiger partial charge < -0.3 is 14.8 Å². The number of hydrogen-bond acceptors (Lipinski definition) is 4. The Morgan fingerprint density at radius 2 is 1.83 bits per heavy atom. The summed E-state index contributed by atoms with van der Waals surface area (Å²) >= 11 is 0. The molecule has 24 heavy (non-hydrogen) atoms. The number of rotatable bonds is 7. The molecule has 126 valence electrons. The summed E-state index contributed by atoms with van der Waals surface area (Å²) in [4.78, 5) is 23.7. The maximum absolute atomic E-state index is 11.9. The molecule has 5 nitrogen and oxygen atoms in total. The number of carbonyl (C=O) groups is 2. The van der Waals surface area contributed by atoms with Gasteiger partial charge in [0.2, 0.25) is 0 Å². The molecule has 0 heterocycles. The molecule has 0 bridgehead atoms. The van der Waals surface area contributed by atoms with Crippen molar-refractivity contribution in [1.29, 1.82) is 0 Å². The Labute approximate surface area is 141 Å². The molecule has 2 aromatic rings. The molecular weight excluding hydrogens is 306 g/mol. The molecule has 0 saturated heterocycles. The molecule has 2 aromatic carbocycles. The van der Waals surface area contributed by atoms with Gasteiger partial charge in [0.25, 0.3) is 5.91 Å². The van der Waals surface area contributed by atoms with E-state index in [0.717, 1.165) is 11.1 Å². The SMILES string of the molecule is CCOc1ccc(C(=O)OCC(=O)NCc2cccc(C)c2)cc1. The third-order valence-corrected chi connectivity index (χ3v) is 3.31. The number of benzene rings is 2. The molecule has 0 spiro atoms. The van der Waals surface area contributed by atoms with Gasteiger partial charge >= 0.3 is 5.97 Å². The summed E-state index contributed by atoms with van der Waals surface area (Å²) in [5.74, 6) is -0.190. The van der Waals surface area contributed by atoms with Crippen LogP contribution in [0.4, 0.5) is 0 Å². The summed E-state index contributed by atoms with van der Waals surface area (Å²) in [6.45, 7) is 4.53. The standard InChI is InChI=1S/C19H21NO4/c1-3-23-17-9-7-16(8-10-17)19(22)24-13-18(21)20-12-15-6-4-5-14(2)11-15/h4-11H,3,12-13H2,1-2H3,(H,20,21). The van der Waals surface area contributed by atoms with Crippen LogP contribution >= 0.6 is 0 Å². The second kappa shape index (κ2) is 8.72. The largest absolute Gasteiger partial charge is 0.494 e. The fourth-order valence-electron chi connectivity index (χ4n) is 2.14. The Kier molecular flexibility index (Phi) is 6.37. The number of nitrogens with one attached hydrogen (secondary N) is 1. The molecule has 1 amide bonds. The van der Waals surface area contributed by atoms with Crippen molar-refractivity contribution in [2.24, 2.45) is 0 Å². The lowest BCUT2D eigenvalue weighted by Gasteiger charge is -2.08. The fraction of sp³-hybridized carbons (Fsp3) is 0.263. The second-order valence-corrected chi connectivity index (χ2v) is 5.30. The highest BCUT2D eigenvalue weighted by Gasteiger charge is 2.10. The van der Waals surface area contributed by atoms with Crippen LogP contribution in [0.1, 0.15) is 28.4 Å². The topological polar surface area (TPSA) is 64.6 Å². The molecular formula is C19H21NO4. The van der Waals surface area contributed by atoms with Crippen LogP contribution < -0.4 is 10.1 Å². The molecule has 0 atom stereocenters. The van der Waals surface area contributed by atoms with Gasteiger partial charge in [-0.1, -0.05) is 29.8 Å². The first-order valence-electron chi connectivity index (χ1n) is 7.80. The van der Waals surface area contributed by atoms with Crippen molar-refractivity contribution < 1.29 is 19.1 Å². The highest BCUT2D eigenvalue weighted by molar-refractivity contribution is 5.91. The van der Waals surface area contributed by atoms with Gasteiger partial charge in [0.05, 0.1) is 12.2 Å². The van der Waals surface area contributed by atoms with E-state index in [2.05, 4.69) is 5.32 Å². The maximum Gasteiger partial charge on any atom is 0.338 e. The Hall–Kier alpha value is -2.82. The van der Waals surface area contributed by atoms with E-state index in [1.165, 1.54) is 0 Å². The van der Waals surface area contributed by atoms with E-state index < -0.39 is 5.97 Å². The Bertz CT molecular complexity index is 695. The van der Waals surface area contributed by atoms with Crippen LogP contribution in [0.3, 0.4) is 0 Å². The molecule has 2 rings (SSSR count). The van der Waals surface area contributed by atoms with Crippen molar-refractivity contribution in [2.75, 3.05) is 13.2 Å². The summed E-state index contributed by atoms with van der Waals surface area (Å²) in [7, 11) is 0. The number of ether oxygens (including phenoxy) is 2. The quantitative estimate of drug-likeness (QED) is 0.794. The molecule has 5 heteroatoms. The first kappa shape index (κ1) is 17.5. The second-order valence-electron chi connectivity index (χ2n) is 5.30. The third-order valence-electron chi connectivity index (χ3n) is 3.31. The van der Waals surface area contributed by atoms with E-state index in [9.17, 15) is 9.59 Å². The summed E-state index contributed by atoms with van der Waals surface area (Å²) in [6, 6.07) is 14.4. The number of amides is 1. The number of esters is 1. The molecule has 0 aliphatic rings. The molecule has 0 aliphatic carbocycles. The Balaban J connectivity index is 1.77. The minimum Gasteiger partial charge on any atom is -0.494 e. The van der Waals surface area contributed by atoms with Crippen LogP contribution in [0.25, 0.3) is 0 Å². The highest BCUT2D eigenvalue weighted by Crippen LogP contribution is 2.12. The first-order chi connectivity index (χ1) is 11.6. The van der Waals surface area contributed by atoms with Gasteiger partial charge in [-0.25, -0.2) is 4.79 Å². The molecule has 0 unspecified atom stereocenters. The van der Waals surface area contributed by atoms with E-state index in [0.29, 0.717) is 24.5 Å². The molecule has 0 aliphatic heterocycles. The Morgan fingerprint density at radius 1 is 1.08 bits per heavy atom. The zero-order chi connectivity index (χ0) is 17.4. The lowest BCUT2D eigenvalue weighted by molar-refractivity contribution is -0.124. The van der Waals surface area contributed by atoms with Gasteiger partial charge in [0, 0.05) is 6.54 Å². The minimum absolute atomic E-state index is 0.308. The smallest absolute Gasteiger partial charge is 0.338 e. The number of carbonyl (C=O) groups excluding carboxylic acids is 2. The van der Waals surface area contributed by atoms with Crippen LogP contribution in [-0.4, -0.2) is 25.1 Å². The van der Waals surface area contributed by atoms with Gasteiger partial charge in [0.1, 0.15) is 5.75 Å². The predicted molar refractivity (Wildman–Crippen MR) is 90.9 cm³/mol. The molecule has 0 aromatic heterocycles. The summed E-state index contributed by atoms with van der Waals surface area (Å²) in [6.07, 6.45) is 0. The third kappa shape index (κ3) is 5.43. The van der Waals surface area contributed by atoms with Crippen LogP contribution in [0.15, 0.2) is 48.5 Å².